The van der Waals surface area contributed by atoms with Gasteiger partial charge in [-0.15, -0.1) is 0 Å². The molecule has 0 spiro atoms. The number of unbranched alkanes of at least 4 members (excludes halogenated alkanes) is 2. The zero-order chi connectivity index (χ0) is 13.6. The Hall–Kier alpha value is -0.890. The minimum atomic E-state index is -0.104. The molecular weight excluding hydrogens is 225 g/mol. The van der Waals surface area contributed by atoms with Gasteiger partial charge in [-0.2, -0.15) is 0 Å². The van der Waals surface area contributed by atoms with Crippen molar-refractivity contribution in [2.75, 3.05) is 6.54 Å². The summed E-state index contributed by atoms with van der Waals surface area (Å²) in [4.78, 5) is 0. The molecule has 1 nitrogen and oxygen atoms in total. The van der Waals surface area contributed by atoms with E-state index in [-0.39, 0.29) is 11.4 Å². The minimum absolute atomic E-state index is 0.104. The van der Waals surface area contributed by atoms with E-state index in [0.717, 1.165) is 18.5 Å². The van der Waals surface area contributed by atoms with Crippen LogP contribution in [0.25, 0.3) is 0 Å². The molecule has 0 aliphatic rings. The molecule has 2 heteroatoms. The Morgan fingerprint density at radius 3 is 2.44 bits per heavy atom. The molecule has 0 fully saturated rings. The van der Waals surface area contributed by atoms with Crippen molar-refractivity contribution in [1.82, 2.24) is 5.32 Å². The Morgan fingerprint density at radius 1 is 1.11 bits per heavy atom. The van der Waals surface area contributed by atoms with E-state index in [1.165, 1.54) is 24.8 Å². The second-order valence-electron chi connectivity index (χ2n) is 6.07. The summed E-state index contributed by atoms with van der Waals surface area (Å²) in [6.45, 7) is 9.47. The van der Waals surface area contributed by atoms with Gasteiger partial charge >= 0.3 is 0 Å². The molecule has 0 bridgehead atoms. The van der Waals surface area contributed by atoms with E-state index in [2.05, 4.69) is 26.1 Å². The number of nitrogens with one attached hydrogen (secondary N) is 1. The van der Waals surface area contributed by atoms with Gasteiger partial charge in [0.2, 0.25) is 0 Å². The van der Waals surface area contributed by atoms with Crippen LogP contribution in [-0.4, -0.2) is 12.1 Å². The number of hydrogen-bond acceptors (Lipinski definition) is 1. The van der Waals surface area contributed by atoms with Gasteiger partial charge < -0.3 is 5.32 Å². The van der Waals surface area contributed by atoms with Crippen LogP contribution in [0.5, 0.6) is 0 Å². The molecular formula is C16H26FN. The van der Waals surface area contributed by atoms with Crippen molar-refractivity contribution in [3.63, 3.8) is 0 Å². The molecule has 0 saturated heterocycles. The summed E-state index contributed by atoms with van der Waals surface area (Å²) in [6.07, 6.45) is 4.66. The first kappa shape index (κ1) is 15.2. The van der Waals surface area contributed by atoms with Crippen LogP contribution < -0.4 is 5.32 Å². The second-order valence-corrected chi connectivity index (χ2v) is 6.07. The molecule has 102 valence electrons. The van der Waals surface area contributed by atoms with Crippen molar-refractivity contribution in [1.29, 1.82) is 0 Å². The highest BCUT2D eigenvalue weighted by molar-refractivity contribution is 5.23. The third kappa shape index (κ3) is 6.15. The summed E-state index contributed by atoms with van der Waals surface area (Å²) in [6, 6.07) is 5.43. The van der Waals surface area contributed by atoms with Crippen LogP contribution in [0.4, 0.5) is 4.39 Å². The predicted molar refractivity (Wildman–Crippen MR) is 76.4 cm³/mol. The summed E-state index contributed by atoms with van der Waals surface area (Å²) in [5.74, 6) is -0.104. The average molecular weight is 251 g/mol. The SMILES string of the molecule is Cc1cc(CCCCCNC(C)(C)C)ccc1F. The van der Waals surface area contributed by atoms with Crippen LogP contribution in [0, 0.1) is 12.7 Å². The van der Waals surface area contributed by atoms with Gasteiger partial charge in [-0.25, -0.2) is 4.39 Å². The maximum absolute atomic E-state index is 13.1. The normalized spacial score (nSPS) is 11.8. The predicted octanol–water partition coefficient (Wildman–Crippen LogP) is 4.24. The lowest BCUT2D eigenvalue weighted by molar-refractivity contribution is 0.417. The second kappa shape index (κ2) is 6.89. The summed E-state index contributed by atoms with van der Waals surface area (Å²) < 4.78 is 13.1. The molecule has 1 rings (SSSR count). The summed E-state index contributed by atoms with van der Waals surface area (Å²) in [5, 5.41) is 3.49. The molecule has 0 radical (unpaired) electrons. The number of aryl methyl sites for hydroxylation is 2. The summed E-state index contributed by atoms with van der Waals surface area (Å²) >= 11 is 0. The maximum Gasteiger partial charge on any atom is 0.126 e. The quantitative estimate of drug-likeness (QED) is 0.746. The number of halogens is 1. The zero-order valence-electron chi connectivity index (χ0n) is 12.1. The molecule has 0 atom stereocenters. The number of rotatable bonds is 6. The Balaban J connectivity index is 2.16. The van der Waals surface area contributed by atoms with Gasteiger partial charge in [-0.1, -0.05) is 18.6 Å². The van der Waals surface area contributed by atoms with Crippen LogP contribution in [0.2, 0.25) is 0 Å². The van der Waals surface area contributed by atoms with Crippen LogP contribution in [-0.2, 0) is 6.42 Å². The highest BCUT2D eigenvalue weighted by Crippen LogP contribution is 2.12. The van der Waals surface area contributed by atoms with Gasteiger partial charge in [0, 0.05) is 5.54 Å². The lowest BCUT2D eigenvalue weighted by Crippen LogP contribution is -2.36. The molecule has 1 aromatic rings. The Labute approximate surface area is 111 Å². The van der Waals surface area contributed by atoms with Crippen molar-refractivity contribution < 1.29 is 4.39 Å². The summed E-state index contributed by atoms with van der Waals surface area (Å²) in [5.41, 5.74) is 2.22. The molecule has 0 aliphatic carbocycles. The first-order chi connectivity index (χ1) is 8.38. The van der Waals surface area contributed by atoms with E-state index in [1.54, 1.807) is 6.07 Å². The van der Waals surface area contributed by atoms with Gasteiger partial charge in [0.1, 0.15) is 5.82 Å². The van der Waals surface area contributed by atoms with Crippen molar-refractivity contribution in [3.8, 4) is 0 Å². The van der Waals surface area contributed by atoms with Gasteiger partial charge in [0.15, 0.2) is 0 Å². The Morgan fingerprint density at radius 2 is 1.83 bits per heavy atom. The maximum atomic E-state index is 13.1. The summed E-state index contributed by atoms with van der Waals surface area (Å²) in [7, 11) is 0. The van der Waals surface area contributed by atoms with Gasteiger partial charge in [0.05, 0.1) is 0 Å². The van der Waals surface area contributed by atoms with E-state index < -0.39 is 0 Å². The van der Waals surface area contributed by atoms with Crippen molar-refractivity contribution >= 4 is 0 Å². The van der Waals surface area contributed by atoms with Crippen LogP contribution in [0.15, 0.2) is 18.2 Å². The van der Waals surface area contributed by atoms with E-state index in [0.29, 0.717) is 0 Å². The van der Waals surface area contributed by atoms with Crippen molar-refractivity contribution in [2.45, 2.75) is 58.9 Å². The largest absolute Gasteiger partial charge is 0.312 e. The van der Waals surface area contributed by atoms with E-state index >= 15 is 0 Å². The fourth-order valence-electron chi connectivity index (χ4n) is 1.96. The lowest BCUT2D eigenvalue weighted by Gasteiger charge is -2.20. The van der Waals surface area contributed by atoms with E-state index in [9.17, 15) is 4.39 Å². The molecule has 1 aromatic carbocycles. The monoisotopic (exact) mass is 251 g/mol. The molecule has 0 unspecified atom stereocenters. The van der Waals surface area contributed by atoms with E-state index in [1.807, 2.05) is 19.1 Å². The fourth-order valence-corrected chi connectivity index (χ4v) is 1.96. The zero-order valence-corrected chi connectivity index (χ0v) is 12.1. The topological polar surface area (TPSA) is 12.0 Å². The Kier molecular flexibility index (Phi) is 5.80. The minimum Gasteiger partial charge on any atom is -0.312 e. The first-order valence-electron chi connectivity index (χ1n) is 6.88. The number of hydrogen-bond donors (Lipinski definition) is 1. The highest BCUT2D eigenvalue weighted by Gasteiger charge is 2.06. The molecule has 0 saturated carbocycles. The molecule has 0 heterocycles. The lowest BCUT2D eigenvalue weighted by atomic mass is 10.0. The van der Waals surface area contributed by atoms with Crippen molar-refractivity contribution in [2.24, 2.45) is 0 Å². The van der Waals surface area contributed by atoms with Crippen LogP contribution in [0.3, 0.4) is 0 Å². The average Bonchev–Trinajstić information content (AvgIpc) is 2.26. The third-order valence-corrected chi connectivity index (χ3v) is 3.02. The smallest absolute Gasteiger partial charge is 0.126 e. The third-order valence-electron chi connectivity index (χ3n) is 3.02. The molecule has 0 aliphatic heterocycles. The standard InChI is InChI=1S/C16H26FN/c1-13-12-14(9-10-15(13)17)8-6-5-7-11-18-16(2,3)4/h9-10,12,18H,5-8,11H2,1-4H3. The molecule has 0 aromatic heterocycles. The van der Waals surface area contributed by atoms with E-state index in [4.69, 9.17) is 0 Å². The van der Waals surface area contributed by atoms with Crippen LogP contribution >= 0.6 is 0 Å². The number of benzene rings is 1. The van der Waals surface area contributed by atoms with Gasteiger partial charge in [-0.05, 0) is 70.7 Å². The molecule has 1 N–H and O–H groups in total. The molecule has 18 heavy (non-hydrogen) atoms. The van der Waals surface area contributed by atoms with Crippen LogP contribution in [0.1, 0.15) is 51.2 Å². The fraction of sp³-hybridized carbons (Fsp3) is 0.625. The van der Waals surface area contributed by atoms with Gasteiger partial charge in [0.25, 0.3) is 0 Å². The van der Waals surface area contributed by atoms with Gasteiger partial charge in [-0.3, -0.25) is 0 Å². The first-order valence-corrected chi connectivity index (χ1v) is 6.88. The molecule has 0 amide bonds. The van der Waals surface area contributed by atoms with Crippen molar-refractivity contribution in [3.05, 3.63) is 35.1 Å². The Bertz CT molecular complexity index is 366. The highest BCUT2D eigenvalue weighted by atomic mass is 19.1.